The first kappa shape index (κ1) is 11.1. The van der Waals surface area contributed by atoms with E-state index in [-0.39, 0.29) is 0 Å². The Balaban J connectivity index is 2.95. The van der Waals surface area contributed by atoms with Crippen LogP contribution in [0.4, 0.5) is 4.39 Å². The maximum absolute atomic E-state index is 13.5. The fourth-order valence-electron chi connectivity index (χ4n) is 1.11. The number of rotatable bonds is 4. The van der Waals surface area contributed by atoms with Crippen molar-refractivity contribution < 1.29 is 14.1 Å². The van der Waals surface area contributed by atoms with Gasteiger partial charge in [-0.15, -0.1) is 0 Å². The van der Waals surface area contributed by atoms with Crippen LogP contribution >= 0.6 is 0 Å². The second kappa shape index (κ2) is 4.04. The zero-order valence-electron chi connectivity index (χ0n) is 7.72. The monoisotopic (exact) mass is 212 g/mol. The van der Waals surface area contributed by atoms with E-state index in [2.05, 4.69) is 5.73 Å². The number of halogens is 1. The number of nitrogens with zero attached hydrogens (tertiary/aromatic N) is 1. The molecule has 0 aliphatic heterocycles. The van der Waals surface area contributed by atoms with Gasteiger partial charge in [-0.2, -0.15) is 4.39 Å². The van der Waals surface area contributed by atoms with Gasteiger partial charge in [-0.3, -0.25) is 14.9 Å². The van der Waals surface area contributed by atoms with Crippen molar-refractivity contribution in [2.45, 2.75) is 12.2 Å². The number of hydrogen-bond acceptors (Lipinski definition) is 3. The van der Waals surface area contributed by atoms with Crippen LogP contribution in [0, 0.1) is 10.1 Å². The van der Waals surface area contributed by atoms with Gasteiger partial charge in [-0.05, 0) is 5.56 Å². The molecule has 0 heterocycles. The molecule has 1 aromatic carbocycles. The highest BCUT2D eigenvalue weighted by molar-refractivity contribution is 5.81. The van der Waals surface area contributed by atoms with Crippen molar-refractivity contribution in [2.24, 2.45) is 5.73 Å². The lowest BCUT2D eigenvalue weighted by molar-refractivity contribution is -0.585. The summed E-state index contributed by atoms with van der Waals surface area (Å²) in [6, 6.07) is 7.84. The Morgan fingerprint density at radius 2 is 2.00 bits per heavy atom. The molecule has 1 aromatic rings. The Labute approximate surface area is 84.8 Å². The molecule has 1 amide bonds. The highest BCUT2D eigenvalue weighted by Crippen LogP contribution is 2.18. The number of hydrogen-bond donors (Lipinski definition) is 1. The first-order valence-corrected chi connectivity index (χ1v) is 4.14. The van der Waals surface area contributed by atoms with Gasteiger partial charge in [0.2, 0.25) is 0 Å². The predicted molar refractivity (Wildman–Crippen MR) is 50.2 cm³/mol. The van der Waals surface area contributed by atoms with Crippen LogP contribution in [0.5, 0.6) is 0 Å². The van der Waals surface area contributed by atoms with Crippen molar-refractivity contribution in [3.8, 4) is 0 Å². The average Bonchev–Trinajstić information content (AvgIpc) is 2.18. The molecule has 0 radical (unpaired) electrons. The number of primary amides is 1. The molecule has 15 heavy (non-hydrogen) atoms. The molecule has 0 aromatic heterocycles. The Morgan fingerprint density at radius 1 is 1.47 bits per heavy atom. The number of benzene rings is 1. The van der Waals surface area contributed by atoms with Crippen LogP contribution in [-0.4, -0.2) is 16.6 Å². The number of carbonyl (C=O) groups excluding carboxylic acids is 1. The van der Waals surface area contributed by atoms with E-state index in [1.165, 1.54) is 12.1 Å². The van der Waals surface area contributed by atoms with Crippen LogP contribution in [0.25, 0.3) is 0 Å². The quantitative estimate of drug-likeness (QED) is 0.451. The lowest BCUT2D eigenvalue weighted by Gasteiger charge is -2.12. The SMILES string of the molecule is NC(=O)C(F)(Cc1ccccc1)[N+](=O)[O-]. The summed E-state index contributed by atoms with van der Waals surface area (Å²) in [7, 11) is 0. The molecule has 1 rings (SSSR count). The summed E-state index contributed by atoms with van der Waals surface area (Å²) < 4.78 is 13.5. The van der Waals surface area contributed by atoms with E-state index in [0.29, 0.717) is 5.56 Å². The summed E-state index contributed by atoms with van der Waals surface area (Å²) in [5.41, 5.74) is 5.01. The van der Waals surface area contributed by atoms with Gasteiger partial charge in [0.15, 0.2) is 0 Å². The zero-order valence-corrected chi connectivity index (χ0v) is 7.72. The first-order chi connectivity index (χ1) is 6.97. The van der Waals surface area contributed by atoms with E-state index in [9.17, 15) is 19.3 Å². The topological polar surface area (TPSA) is 86.2 Å². The smallest absolute Gasteiger partial charge is 0.361 e. The predicted octanol–water partition coefficient (Wildman–Crippen LogP) is 0.657. The molecular weight excluding hydrogens is 203 g/mol. The number of alkyl halides is 1. The molecule has 0 aliphatic carbocycles. The van der Waals surface area contributed by atoms with Crippen molar-refractivity contribution in [1.82, 2.24) is 0 Å². The van der Waals surface area contributed by atoms with Crippen molar-refractivity contribution >= 4 is 5.91 Å². The second-order valence-electron chi connectivity index (χ2n) is 3.04. The molecule has 0 fully saturated rings. The highest BCUT2D eigenvalue weighted by atomic mass is 19.1. The van der Waals surface area contributed by atoms with Gasteiger partial charge in [-0.1, -0.05) is 30.3 Å². The summed E-state index contributed by atoms with van der Waals surface area (Å²) >= 11 is 0. The summed E-state index contributed by atoms with van der Waals surface area (Å²) in [4.78, 5) is 19.8. The third kappa shape index (κ3) is 2.28. The van der Waals surface area contributed by atoms with Crippen LogP contribution in [0.2, 0.25) is 0 Å². The summed E-state index contributed by atoms with van der Waals surface area (Å²) in [5.74, 6) is -4.82. The molecule has 1 unspecified atom stereocenters. The molecule has 0 spiro atoms. The van der Waals surface area contributed by atoms with E-state index < -0.39 is 23.0 Å². The summed E-state index contributed by atoms with van der Waals surface area (Å²) in [5, 5.41) is 10.4. The molecule has 6 heteroatoms. The Bertz CT molecular complexity index is 366. The summed E-state index contributed by atoms with van der Waals surface area (Å²) in [6.07, 6.45) is -0.657. The maximum atomic E-state index is 13.5. The maximum Gasteiger partial charge on any atom is 0.439 e. The van der Waals surface area contributed by atoms with E-state index in [0.717, 1.165) is 0 Å². The van der Waals surface area contributed by atoms with Crippen LogP contribution in [0.3, 0.4) is 0 Å². The largest absolute Gasteiger partial charge is 0.439 e. The average molecular weight is 212 g/mol. The van der Waals surface area contributed by atoms with Crippen LogP contribution in [0.15, 0.2) is 30.3 Å². The highest BCUT2D eigenvalue weighted by Gasteiger charge is 2.50. The number of carbonyl (C=O) groups is 1. The minimum Gasteiger partial charge on any atom is -0.361 e. The minimum atomic E-state index is -3.23. The van der Waals surface area contributed by atoms with Gasteiger partial charge < -0.3 is 5.73 Å². The molecule has 0 saturated heterocycles. The van der Waals surface area contributed by atoms with Gasteiger partial charge >= 0.3 is 11.7 Å². The van der Waals surface area contributed by atoms with Crippen molar-refractivity contribution in [3.05, 3.63) is 46.0 Å². The van der Waals surface area contributed by atoms with Gasteiger partial charge in [-0.25, -0.2) is 0 Å². The van der Waals surface area contributed by atoms with Gasteiger partial charge in [0.1, 0.15) is 0 Å². The molecule has 2 N–H and O–H groups in total. The third-order valence-corrected chi connectivity index (χ3v) is 1.95. The molecule has 0 bridgehead atoms. The molecule has 1 atom stereocenters. The molecule has 80 valence electrons. The Kier molecular flexibility index (Phi) is 2.99. The zero-order chi connectivity index (χ0) is 11.5. The van der Waals surface area contributed by atoms with Crippen molar-refractivity contribution in [3.63, 3.8) is 0 Å². The minimum absolute atomic E-state index is 0.343. The molecule has 0 aliphatic rings. The van der Waals surface area contributed by atoms with Crippen LogP contribution < -0.4 is 5.73 Å². The van der Waals surface area contributed by atoms with Gasteiger partial charge in [0.05, 0.1) is 11.3 Å². The Morgan fingerprint density at radius 3 is 2.40 bits per heavy atom. The second-order valence-corrected chi connectivity index (χ2v) is 3.04. The van der Waals surface area contributed by atoms with E-state index in [1.807, 2.05) is 0 Å². The van der Waals surface area contributed by atoms with E-state index in [1.54, 1.807) is 18.2 Å². The van der Waals surface area contributed by atoms with Crippen molar-refractivity contribution in [2.75, 3.05) is 0 Å². The number of amides is 1. The third-order valence-electron chi connectivity index (χ3n) is 1.95. The fourth-order valence-corrected chi connectivity index (χ4v) is 1.11. The van der Waals surface area contributed by atoms with Crippen LogP contribution in [-0.2, 0) is 11.2 Å². The molecular formula is C9H9FN2O3. The van der Waals surface area contributed by atoms with E-state index >= 15 is 0 Å². The number of nitro groups is 1. The van der Waals surface area contributed by atoms with Crippen LogP contribution in [0.1, 0.15) is 5.56 Å². The van der Waals surface area contributed by atoms with Gasteiger partial charge in [0.25, 0.3) is 0 Å². The number of nitrogens with two attached hydrogens (primary N) is 1. The lowest BCUT2D eigenvalue weighted by Crippen LogP contribution is -2.48. The van der Waals surface area contributed by atoms with Crippen molar-refractivity contribution in [1.29, 1.82) is 0 Å². The summed E-state index contributed by atoms with van der Waals surface area (Å²) in [6.45, 7) is 0. The standard InChI is InChI=1S/C9H9FN2O3/c10-9(8(11)13,12(14)15)6-7-4-2-1-3-5-7/h1-5H,6H2,(H2,11,13). The molecule has 5 nitrogen and oxygen atoms in total. The normalized spacial score (nSPS) is 14.2. The Hall–Kier alpha value is -1.98. The lowest BCUT2D eigenvalue weighted by atomic mass is 10.0. The molecule has 0 saturated carbocycles. The first-order valence-electron chi connectivity index (χ1n) is 4.14. The fraction of sp³-hybridized carbons (Fsp3) is 0.222. The van der Waals surface area contributed by atoms with Gasteiger partial charge in [0, 0.05) is 0 Å². The van der Waals surface area contributed by atoms with E-state index in [4.69, 9.17) is 0 Å².